The van der Waals surface area contributed by atoms with Gasteiger partial charge in [-0.05, 0) is 24.3 Å². The first-order valence-electron chi connectivity index (χ1n) is 7.99. The fourth-order valence-electron chi connectivity index (χ4n) is 2.31. The van der Waals surface area contributed by atoms with E-state index < -0.39 is 41.4 Å². The highest BCUT2D eigenvalue weighted by atomic mass is 35.5. The van der Waals surface area contributed by atoms with Crippen molar-refractivity contribution in [1.29, 1.82) is 0 Å². The number of hydrogen-bond acceptors (Lipinski definition) is 5. The lowest BCUT2D eigenvalue weighted by molar-refractivity contribution is -0.275. The summed E-state index contributed by atoms with van der Waals surface area (Å²) < 4.78 is 64.9. The molecule has 1 aromatic carbocycles. The van der Waals surface area contributed by atoms with E-state index in [1.165, 1.54) is 24.3 Å². The highest BCUT2D eigenvalue weighted by Crippen LogP contribution is 2.26. The van der Waals surface area contributed by atoms with Crippen molar-refractivity contribution in [2.24, 2.45) is 5.14 Å². The van der Waals surface area contributed by atoms with Crippen LogP contribution in [0.2, 0.25) is 24.8 Å². The molecule has 158 valence electrons. The van der Waals surface area contributed by atoms with Crippen molar-refractivity contribution in [3.05, 3.63) is 41.0 Å². The number of anilines is 1. The van der Waals surface area contributed by atoms with Crippen LogP contribution in [0.5, 0.6) is 5.88 Å². The zero-order valence-corrected chi connectivity index (χ0v) is 18.0. The molecule has 7 nitrogen and oxygen atoms in total. The lowest BCUT2D eigenvalue weighted by Crippen LogP contribution is -2.41. The molecule has 0 radical (unpaired) electrons. The Labute approximate surface area is 171 Å². The summed E-state index contributed by atoms with van der Waals surface area (Å²) in [6.45, 7) is 5.25. The summed E-state index contributed by atoms with van der Waals surface area (Å²) in [6.07, 6.45) is -4.97. The molecule has 0 unspecified atom stereocenters. The van der Waals surface area contributed by atoms with Crippen LogP contribution in [-0.4, -0.2) is 33.7 Å². The summed E-state index contributed by atoms with van der Waals surface area (Å²) in [5, 5.41) is 7.13. The molecule has 0 aliphatic carbocycles. The predicted molar refractivity (Wildman–Crippen MR) is 105 cm³/mol. The molecule has 0 fully saturated rings. The van der Waals surface area contributed by atoms with Crippen LogP contribution in [0.4, 0.5) is 18.9 Å². The Hall–Kier alpha value is -2.15. The molecule has 13 heteroatoms. The third-order valence-electron chi connectivity index (χ3n) is 3.63. The van der Waals surface area contributed by atoms with Crippen molar-refractivity contribution < 1.29 is 31.1 Å². The van der Waals surface area contributed by atoms with E-state index in [4.69, 9.17) is 16.7 Å². The third kappa shape index (κ3) is 6.16. The average molecular weight is 468 g/mol. The van der Waals surface area contributed by atoms with Gasteiger partial charge in [-0.3, -0.25) is 4.79 Å². The van der Waals surface area contributed by atoms with Crippen LogP contribution in [0.15, 0.2) is 35.2 Å². The quantitative estimate of drug-likeness (QED) is 0.518. The van der Waals surface area contributed by atoms with E-state index in [-0.39, 0.29) is 21.3 Å². The Morgan fingerprint density at radius 2 is 1.86 bits per heavy atom. The first-order valence-corrected chi connectivity index (χ1v) is 13.4. The number of carbonyl (C=O) groups is 1. The van der Waals surface area contributed by atoms with Gasteiger partial charge in [0.1, 0.15) is 5.15 Å². The van der Waals surface area contributed by atoms with Gasteiger partial charge in [0.2, 0.25) is 15.9 Å². The minimum Gasteiger partial charge on any atom is -0.388 e. The van der Waals surface area contributed by atoms with Crippen LogP contribution in [-0.2, 0) is 10.0 Å². The summed E-state index contributed by atoms with van der Waals surface area (Å²) in [5.41, 5.74) is -0.0811. The average Bonchev–Trinajstić information content (AvgIpc) is 2.51. The van der Waals surface area contributed by atoms with Crippen molar-refractivity contribution in [2.75, 3.05) is 5.32 Å². The Kier molecular flexibility index (Phi) is 6.33. The first-order chi connectivity index (χ1) is 13.1. The Morgan fingerprint density at radius 1 is 1.24 bits per heavy atom. The van der Waals surface area contributed by atoms with Crippen molar-refractivity contribution in [1.82, 2.24) is 4.98 Å². The van der Waals surface area contributed by atoms with Gasteiger partial charge < -0.3 is 10.1 Å². The maximum Gasteiger partial charge on any atom is 0.574 e. The number of nitrogens with two attached hydrogens (primary N) is 1. The number of pyridine rings is 1. The number of ether oxygens (including phenoxy) is 1. The Balaban J connectivity index is 2.45. The lowest BCUT2D eigenvalue weighted by Gasteiger charge is -2.22. The van der Waals surface area contributed by atoms with Crippen molar-refractivity contribution in [3.8, 4) is 5.88 Å². The van der Waals surface area contributed by atoms with E-state index in [1.807, 2.05) is 0 Å². The number of primary sulfonamides is 1. The molecule has 0 saturated carbocycles. The number of rotatable bonds is 5. The van der Waals surface area contributed by atoms with Crippen LogP contribution < -0.4 is 20.4 Å². The molecule has 2 aromatic rings. The minimum atomic E-state index is -4.97. The van der Waals surface area contributed by atoms with Gasteiger partial charge >= 0.3 is 6.36 Å². The highest BCUT2D eigenvalue weighted by molar-refractivity contribution is 7.89. The Bertz CT molecular complexity index is 1060. The zero-order valence-electron chi connectivity index (χ0n) is 15.5. The second-order valence-electron chi connectivity index (χ2n) is 7.00. The van der Waals surface area contributed by atoms with E-state index in [0.29, 0.717) is 0 Å². The molecular formula is C16H17ClF3N3O4SSi. The molecule has 0 saturated heterocycles. The number of alkyl halides is 3. The molecular weight excluding hydrogens is 451 g/mol. The van der Waals surface area contributed by atoms with Gasteiger partial charge in [-0.25, -0.2) is 18.5 Å². The standard InChI is InChI=1S/C16H17ClF3N3O4SSi/c1-29(2,3)12-8-11(13(17)23-15(12)27-16(18,19)20)14(24)22-9-5-4-6-10(7-9)28(21,25)26/h4-8H,1-3H3,(H,22,24)(H2,21,25,26). The Morgan fingerprint density at radius 3 is 2.38 bits per heavy atom. The molecule has 1 amide bonds. The first kappa shape index (κ1) is 23.1. The zero-order chi connectivity index (χ0) is 22.2. The van der Waals surface area contributed by atoms with Gasteiger partial charge in [-0.15, -0.1) is 13.2 Å². The number of aromatic nitrogens is 1. The van der Waals surface area contributed by atoms with Crippen molar-refractivity contribution >= 4 is 46.5 Å². The van der Waals surface area contributed by atoms with Crippen LogP contribution >= 0.6 is 11.6 Å². The number of amides is 1. The SMILES string of the molecule is C[Si](C)(C)c1cc(C(=O)Nc2cccc(S(N)(=O)=O)c2)c(Cl)nc1OC(F)(F)F. The molecule has 0 bridgehead atoms. The van der Waals surface area contributed by atoms with Crippen LogP contribution in [0.3, 0.4) is 0 Å². The van der Waals surface area contributed by atoms with Gasteiger partial charge in [-0.1, -0.05) is 37.3 Å². The largest absolute Gasteiger partial charge is 0.574 e. The number of sulfonamides is 1. The number of nitrogens with one attached hydrogen (secondary N) is 1. The molecule has 0 aliphatic rings. The molecule has 0 aliphatic heterocycles. The minimum absolute atomic E-state index is 0.0998. The van der Waals surface area contributed by atoms with E-state index >= 15 is 0 Å². The fraction of sp³-hybridized carbons (Fsp3) is 0.250. The van der Waals surface area contributed by atoms with Crippen LogP contribution in [0.25, 0.3) is 0 Å². The molecule has 1 aromatic heterocycles. The van der Waals surface area contributed by atoms with E-state index in [2.05, 4.69) is 15.0 Å². The molecule has 0 atom stereocenters. The second kappa shape index (κ2) is 7.93. The number of hydrogen-bond donors (Lipinski definition) is 2. The smallest absolute Gasteiger partial charge is 0.388 e. The van der Waals surface area contributed by atoms with E-state index in [9.17, 15) is 26.4 Å². The van der Waals surface area contributed by atoms with Crippen molar-refractivity contribution in [3.63, 3.8) is 0 Å². The third-order valence-corrected chi connectivity index (χ3v) is 6.80. The van der Waals surface area contributed by atoms with Crippen LogP contribution in [0, 0.1) is 0 Å². The number of benzene rings is 1. The van der Waals surface area contributed by atoms with Gasteiger partial charge in [0.25, 0.3) is 5.91 Å². The summed E-state index contributed by atoms with van der Waals surface area (Å²) in [6, 6.07) is 6.36. The maximum atomic E-state index is 12.7. The van der Waals surface area contributed by atoms with Crippen molar-refractivity contribution in [2.45, 2.75) is 30.9 Å². The number of halogens is 4. The summed E-state index contributed by atoms with van der Waals surface area (Å²) in [4.78, 5) is 16.0. The lowest BCUT2D eigenvalue weighted by atomic mass is 10.2. The summed E-state index contributed by atoms with van der Waals surface area (Å²) in [7, 11) is -6.42. The molecule has 29 heavy (non-hydrogen) atoms. The summed E-state index contributed by atoms with van der Waals surface area (Å²) in [5.74, 6) is -1.48. The van der Waals surface area contributed by atoms with Crippen LogP contribution in [0.1, 0.15) is 10.4 Å². The maximum absolute atomic E-state index is 12.7. The van der Waals surface area contributed by atoms with E-state index in [0.717, 1.165) is 6.07 Å². The number of carbonyl (C=O) groups excluding carboxylic acids is 1. The van der Waals surface area contributed by atoms with Gasteiger partial charge in [0.15, 0.2) is 0 Å². The second-order valence-corrected chi connectivity index (χ2v) is 14.0. The topological polar surface area (TPSA) is 111 Å². The highest BCUT2D eigenvalue weighted by Gasteiger charge is 2.36. The summed E-state index contributed by atoms with van der Waals surface area (Å²) >= 11 is 5.93. The normalized spacial score (nSPS) is 12.6. The molecule has 1 heterocycles. The van der Waals surface area contributed by atoms with Gasteiger partial charge in [0, 0.05) is 10.9 Å². The van der Waals surface area contributed by atoms with Gasteiger partial charge in [-0.2, -0.15) is 0 Å². The molecule has 0 spiro atoms. The monoisotopic (exact) mass is 467 g/mol. The predicted octanol–water partition coefficient (Wildman–Crippen LogP) is 3.08. The van der Waals surface area contributed by atoms with E-state index in [1.54, 1.807) is 19.6 Å². The molecule has 3 N–H and O–H groups in total. The van der Waals surface area contributed by atoms with Gasteiger partial charge in [0.05, 0.1) is 18.5 Å². The number of nitrogens with zero attached hydrogens (tertiary/aromatic N) is 1. The molecule has 2 rings (SSSR count). The fourth-order valence-corrected chi connectivity index (χ4v) is 4.41.